The van der Waals surface area contributed by atoms with Gasteiger partial charge >= 0.3 is 5.97 Å². The van der Waals surface area contributed by atoms with Gasteiger partial charge < -0.3 is 4.74 Å². The Labute approximate surface area is 115 Å². The molecule has 0 aliphatic rings. The van der Waals surface area contributed by atoms with Crippen LogP contribution in [-0.4, -0.2) is 5.97 Å². The van der Waals surface area contributed by atoms with Gasteiger partial charge in [-0.1, -0.05) is 12.1 Å². The van der Waals surface area contributed by atoms with Crippen molar-refractivity contribution in [2.75, 3.05) is 0 Å². The first-order valence-corrected chi connectivity index (χ1v) is 6.58. The van der Waals surface area contributed by atoms with Crippen molar-refractivity contribution in [2.45, 2.75) is 6.61 Å². The fraction of sp³-hybridized carbons (Fsp3) is 0.0667. The van der Waals surface area contributed by atoms with Crippen LogP contribution >= 0.6 is 11.3 Å². The van der Waals surface area contributed by atoms with E-state index >= 15 is 0 Å². The number of ether oxygens (including phenoxy) is 1. The minimum Gasteiger partial charge on any atom is -0.458 e. The number of hydrogen-bond donors (Lipinski definition) is 0. The lowest BCUT2D eigenvalue weighted by Crippen LogP contribution is -2.00. The van der Waals surface area contributed by atoms with Crippen molar-refractivity contribution in [1.82, 2.24) is 0 Å². The number of benzene rings is 1. The summed E-state index contributed by atoms with van der Waals surface area (Å²) < 4.78 is 5.09. The van der Waals surface area contributed by atoms with Gasteiger partial charge in [-0.2, -0.15) is 16.6 Å². The lowest BCUT2D eigenvalue weighted by molar-refractivity contribution is -0.138. The zero-order valence-corrected chi connectivity index (χ0v) is 10.9. The molecule has 1 heterocycles. The van der Waals surface area contributed by atoms with Crippen molar-refractivity contribution in [2.24, 2.45) is 0 Å². The summed E-state index contributed by atoms with van der Waals surface area (Å²) in [5.74, 6) is -0.379. The van der Waals surface area contributed by atoms with E-state index in [4.69, 9.17) is 10.00 Å². The van der Waals surface area contributed by atoms with Crippen molar-refractivity contribution in [3.05, 3.63) is 63.9 Å². The molecule has 0 aliphatic carbocycles. The van der Waals surface area contributed by atoms with Crippen molar-refractivity contribution in [1.29, 1.82) is 5.26 Å². The summed E-state index contributed by atoms with van der Waals surface area (Å²) >= 11 is 1.58. The number of carbonyl (C=O) groups is 1. The Balaban J connectivity index is 1.84. The first-order valence-electron chi connectivity index (χ1n) is 5.64. The van der Waals surface area contributed by atoms with Gasteiger partial charge in [-0.3, -0.25) is 0 Å². The van der Waals surface area contributed by atoms with E-state index in [9.17, 15) is 4.79 Å². The minimum atomic E-state index is -0.379. The fourth-order valence-electron chi connectivity index (χ4n) is 1.41. The second kappa shape index (κ2) is 6.53. The highest BCUT2D eigenvalue weighted by atomic mass is 32.1. The van der Waals surface area contributed by atoms with Crippen LogP contribution in [0.2, 0.25) is 0 Å². The van der Waals surface area contributed by atoms with Gasteiger partial charge in [-0.15, -0.1) is 0 Å². The highest BCUT2D eigenvalue weighted by molar-refractivity contribution is 7.08. The average molecular weight is 269 g/mol. The monoisotopic (exact) mass is 269 g/mol. The summed E-state index contributed by atoms with van der Waals surface area (Å²) in [6, 6.07) is 10.9. The quantitative estimate of drug-likeness (QED) is 0.631. The SMILES string of the molecule is N#Cc1ccc(COC(=O)/C=C/c2ccsc2)cc1. The molecule has 2 rings (SSSR count). The number of hydrogen-bond acceptors (Lipinski definition) is 4. The van der Waals surface area contributed by atoms with Crippen LogP contribution in [0, 0.1) is 11.3 Å². The van der Waals surface area contributed by atoms with Crippen molar-refractivity contribution >= 4 is 23.4 Å². The Morgan fingerprint density at radius 3 is 2.74 bits per heavy atom. The van der Waals surface area contributed by atoms with Crippen molar-refractivity contribution < 1.29 is 9.53 Å². The second-order valence-electron chi connectivity index (χ2n) is 3.81. The van der Waals surface area contributed by atoms with Crippen LogP contribution in [0.4, 0.5) is 0 Å². The standard InChI is InChI=1S/C15H11NO2S/c16-9-12-1-3-13(4-2-12)10-18-15(17)6-5-14-7-8-19-11-14/h1-8,11H,10H2/b6-5+. The van der Waals surface area contributed by atoms with Crippen molar-refractivity contribution in [3.8, 4) is 6.07 Å². The fourth-order valence-corrected chi connectivity index (χ4v) is 2.04. The van der Waals surface area contributed by atoms with Gasteiger partial charge in [0.05, 0.1) is 11.6 Å². The Morgan fingerprint density at radius 1 is 1.32 bits per heavy atom. The molecule has 1 aromatic carbocycles. The Kier molecular flexibility index (Phi) is 4.49. The molecular formula is C15H11NO2S. The molecule has 94 valence electrons. The van der Waals surface area contributed by atoms with Crippen molar-refractivity contribution in [3.63, 3.8) is 0 Å². The molecule has 0 fully saturated rings. The van der Waals surface area contributed by atoms with Crippen LogP contribution in [-0.2, 0) is 16.1 Å². The third-order valence-electron chi connectivity index (χ3n) is 2.42. The van der Waals surface area contributed by atoms with Gasteiger partial charge in [0.25, 0.3) is 0 Å². The van der Waals surface area contributed by atoms with E-state index in [2.05, 4.69) is 0 Å². The van der Waals surface area contributed by atoms with E-state index in [0.717, 1.165) is 11.1 Å². The maximum absolute atomic E-state index is 11.5. The number of nitriles is 1. The molecule has 0 radical (unpaired) electrons. The molecule has 0 unspecified atom stereocenters. The molecule has 2 aromatic rings. The summed E-state index contributed by atoms with van der Waals surface area (Å²) in [5.41, 5.74) is 2.43. The zero-order chi connectivity index (χ0) is 13.5. The molecule has 3 nitrogen and oxygen atoms in total. The van der Waals surface area contributed by atoms with Crippen LogP contribution < -0.4 is 0 Å². The Hall–Kier alpha value is -2.38. The highest BCUT2D eigenvalue weighted by Gasteiger charge is 1.99. The van der Waals surface area contributed by atoms with E-state index in [0.29, 0.717) is 5.56 Å². The summed E-state index contributed by atoms with van der Waals surface area (Å²) in [6.45, 7) is 0.207. The maximum atomic E-state index is 11.5. The Bertz CT molecular complexity index is 607. The van der Waals surface area contributed by atoms with Gasteiger partial charge in [0.2, 0.25) is 0 Å². The molecule has 0 saturated heterocycles. The van der Waals surface area contributed by atoms with Gasteiger partial charge in [-0.05, 0) is 46.2 Å². The largest absolute Gasteiger partial charge is 0.458 e. The number of nitrogens with zero attached hydrogens (tertiary/aromatic N) is 1. The first-order chi connectivity index (χ1) is 9.28. The molecule has 0 atom stereocenters. The second-order valence-corrected chi connectivity index (χ2v) is 4.59. The van der Waals surface area contributed by atoms with Crippen LogP contribution in [0.5, 0.6) is 0 Å². The molecule has 0 N–H and O–H groups in total. The van der Waals surface area contributed by atoms with Crippen LogP contribution in [0.1, 0.15) is 16.7 Å². The molecule has 0 aliphatic heterocycles. The zero-order valence-electron chi connectivity index (χ0n) is 10.1. The number of rotatable bonds is 4. The van der Waals surface area contributed by atoms with Crippen LogP contribution in [0.25, 0.3) is 6.08 Å². The van der Waals surface area contributed by atoms with E-state index in [1.54, 1.807) is 41.7 Å². The maximum Gasteiger partial charge on any atom is 0.331 e. The molecule has 0 bridgehead atoms. The summed E-state index contributed by atoms with van der Waals surface area (Å²) in [5, 5.41) is 12.6. The topological polar surface area (TPSA) is 50.1 Å². The molecular weight excluding hydrogens is 258 g/mol. The van der Waals surface area contributed by atoms with E-state index in [1.807, 2.05) is 22.9 Å². The normalized spacial score (nSPS) is 10.3. The third-order valence-corrected chi connectivity index (χ3v) is 3.12. The highest BCUT2D eigenvalue weighted by Crippen LogP contribution is 2.08. The molecule has 0 saturated carbocycles. The summed E-state index contributed by atoms with van der Waals surface area (Å²) in [6.07, 6.45) is 3.13. The van der Waals surface area contributed by atoms with Crippen LogP contribution in [0.3, 0.4) is 0 Å². The van der Waals surface area contributed by atoms with Gasteiger partial charge in [0, 0.05) is 6.08 Å². The van der Waals surface area contributed by atoms with Gasteiger partial charge in [-0.25, -0.2) is 4.79 Å². The predicted octanol–water partition coefficient (Wildman–Crippen LogP) is 3.38. The summed E-state index contributed by atoms with van der Waals surface area (Å²) in [7, 11) is 0. The minimum absolute atomic E-state index is 0.207. The Morgan fingerprint density at radius 2 is 2.11 bits per heavy atom. The summed E-state index contributed by atoms with van der Waals surface area (Å²) in [4.78, 5) is 11.5. The molecule has 0 spiro atoms. The van der Waals surface area contributed by atoms with E-state index < -0.39 is 0 Å². The molecule has 19 heavy (non-hydrogen) atoms. The van der Waals surface area contributed by atoms with E-state index in [-0.39, 0.29) is 12.6 Å². The number of esters is 1. The first kappa shape index (κ1) is 13.1. The molecule has 4 heteroatoms. The smallest absolute Gasteiger partial charge is 0.331 e. The van der Waals surface area contributed by atoms with Crippen LogP contribution in [0.15, 0.2) is 47.2 Å². The van der Waals surface area contributed by atoms with E-state index in [1.165, 1.54) is 6.08 Å². The average Bonchev–Trinajstić information content (AvgIpc) is 2.96. The molecule has 1 aromatic heterocycles. The van der Waals surface area contributed by atoms with Gasteiger partial charge in [0.15, 0.2) is 0 Å². The van der Waals surface area contributed by atoms with Gasteiger partial charge in [0.1, 0.15) is 6.61 Å². The lowest BCUT2D eigenvalue weighted by atomic mass is 10.2. The third kappa shape index (κ3) is 4.09. The lowest BCUT2D eigenvalue weighted by Gasteiger charge is -2.01. The number of thiophene rings is 1. The molecule has 0 amide bonds. The predicted molar refractivity (Wildman–Crippen MR) is 74.3 cm³/mol. The number of carbonyl (C=O) groups excluding carboxylic acids is 1.